The number of imidazole rings is 1. The van der Waals surface area contributed by atoms with E-state index in [2.05, 4.69) is 49.6 Å². The van der Waals surface area contributed by atoms with Crippen molar-refractivity contribution in [2.45, 2.75) is 45.2 Å². The van der Waals surface area contributed by atoms with Gasteiger partial charge in [0.05, 0.1) is 18.4 Å². The van der Waals surface area contributed by atoms with Gasteiger partial charge in [-0.25, -0.2) is 4.98 Å². The van der Waals surface area contributed by atoms with E-state index < -0.39 is 0 Å². The highest BCUT2D eigenvalue weighted by atomic mass is 127. The Hall–Kier alpha value is -1.61. The molecule has 1 aromatic heterocycles. The predicted molar refractivity (Wildman–Crippen MR) is 127 cm³/mol. The van der Waals surface area contributed by atoms with Crippen LogP contribution < -0.4 is 10.6 Å². The zero-order valence-electron chi connectivity index (χ0n) is 16.9. The lowest BCUT2D eigenvalue weighted by Crippen LogP contribution is -2.45. The van der Waals surface area contributed by atoms with Crippen molar-refractivity contribution >= 4 is 29.9 Å². The fourth-order valence-electron chi connectivity index (χ4n) is 3.74. The van der Waals surface area contributed by atoms with Gasteiger partial charge in [0.25, 0.3) is 0 Å². The standard InChI is InChI=1S/C21H32N6.HI/c1-3-18-11-7-8-13-27(18)14-12-23-21(22-2)25-16-20-24-15-19(26-20)17-9-5-4-6-10-17;/h4-6,9-10,15,18H,3,7-8,11-14,16H2,1-2H3,(H,24,26)(H2,22,23,25);1H. The van der Waals surface area contributed by atoms with Gasteiger partial charge in [0.1, 0.15) is 5.82 Å². The third kappa shape index (κ3) is 6.48. The third-order valence-electron chi connectivity index (χ3n) is 5.27. The molecule has 3 rings (SSSR count). The molecule has 1 aliphatic heterocycles. The van der Waals surface area contributed by atoms with Crippen LogP contribution in [0, 0.1) is 0 Å². The molecule has 2 aromatic rings. The summed E-state index contributed by atoms with van der Waals surface area (Å²) in [5.41, 5.74) is 2.18. The first-order chi connectivity index (χ1) is 13.3. The SMILES string of the molecule is CCC1CCCCN1CCNC(=NC)NCc1ncc(-c2ccccc2)[nH]1.I. The lowest BCUT2D eigenvalue weighted by molar-refractivity contribution is 0.147. The van der Waals surface area contributed by atoms with Crippen molar-refractivity contribution in [3.63, 3.8) is 0 Å². The Balaban J connectivity index is 0.00000280. The molecule has 2 heterocycles. The normalized spacial score (nSPS) is 17.8. The Labute approximate surface area is 185 Å². The van der Waals surface area contributed by atoms with Crippen molar-refractivity contribution in [1.82, 2.24) is 25.5 Å². The first-order valence-electron chi connectivity index (χ1n) is 10.1. The molecule has 1 aliphatic rings. The first-order valence-corrected chi connectivity index (χ1v) is 10.1. The van der Waals surface area contributed by atoms with Crippen molar-refractivity contribution in [1.29, 1.82) is 0 Å². The monoisotopic (exact) mass is 496 g/mol. The highest BCUT2D eigenvalue weighted by Gasteiger charge is 2.19. The number of benzene rings is 1. The number of guanidine groups is 1. The van der Waals surface area contributed by atoms with Crippen molar-refractivity contribution in [2.75, 3.05) is 26.7 Å². The van der Waals surface area contributed by atoms with Gasteiger partial charge < -0.3 is 15.6 Å². The topological polar surface area (TPSA) is 68.3 Å². The van der Waals surface area contributed by atoms with Crippen LogP contribution in [0.15, 0.2) is 41.5 Å². The molecule has 0 bridgehead atoms. The molecule has 7 heteroatoms. The summed E-state index contributed by atoms with van der Waals surface area (Å²) in [6, 6.07) is 11.0. The summed E-state index contributed by atoms with van der Waals surface area (Å²) in [5.74, 6) is 1.72. The van der Waals surface area contributed by atoms with Gasteiger partial charge in [-0.3, -0.25) is 9.89 Å². The average Bonchev–Trinajstić information content (AvgIpc) is 3.20. The van der Waals surface area contributed by atoms with E-state index >= 15 is 0 Å². The number of H-pyrrole nitrogens is 1. The summed E-state index contributed by atoms with van der Waals surface area (Å²) in [4.78, 5) is 14.8. The lowest BCUT2D eigenvalue weighted by atomic mass is 10.0. The minimum absolute atomic E-state index is 0. The summed E-state index contributed by atoms with van der Waals surface area (Å²) < 4.78 is 0. The van der Waals surface area contributed by atoms with Gasteiger partial charge in [-0.05, 0) is 31.4 Å². The zero-order valence-corrected chi connectivity index (χ0v) is 19.3. The van der Waals surface area contributed by atoms with Crippen molar-refractivity contribution in [3.8, 4) is 11.3 Å². The number of nitrogens with zero attached hydrogens (tertiary/aromatic N) is 3. The molecule has 1 fully saturated rings. The quantitative estimate of drug-likeness (QED) is 0.311. The first kappa shape index (κ1) is 22.7. The van der Waals surface area contributed by atoms with E-state index in [4.69, 9.17) is 0 Å². The maximum Gasteiger partial charge on any atom is 0.191 e. The number of nitrogens with one attached hydrogen (secondary N) is 3. The molecule has 0 aliphatic carbocycles. The van der Waals surface area contributed by atoms with E-state index in [9.17, 15) is 0 Å². The number of aliphatic imine (C=N–C) groups is 1. The Bertz CT molecular complexity index is 715. The zero-order chi connectivity index (χ0) is 18.9. The number of likely N-dealkylation sites (tertiary alicyclic amines) is 1. The minimum Gasteiger partial charge on any atom is -0.355 e. The molecule has 6 nitrogen and oxygen atoms in total. The molecule has 1 atom stereocenters. The average molecular weight is 496 g/mol. The molecule has 0 saturated carbocycles. The van der Waals surface area contributed by atoms with Crippen LogP contribution in [-0.4, -0.2) is 53.6 Å². The molecular weight excluding hydrogens is 463 g/mol. The molecule has 1 unspecified atom stereocenters. The molecule has 0 amide bonds. The van der Waals surface area contributed by atoms with Crippen LogP contribution in [0.5, 0.6) is 0 Å². The van der Waals surface area contributed by atoms with Gasteiger partial charge in [-0.15, -0.1) is 24.0 Å². The Morgan fingerprint density at radius 1 is 1.25 bits per heavy atom. The third-order valence-corrected chi connectivity index (χ3v) is 5.27. The van der Waals surface area contributed by atoms with E-state index in [0.717, 1.165) is 42.2 Å². The molecule has 3 N–H and O–H groups in total. The van der Waals surface area contributed by atoms with E-state index in [-0.39, 0.29) is 24.0 Å². The van der Waals surface area contributed by atoms with Crippen molar-refractivity contribution in [3.05, 3.63) is 42.4 Å². The molecule has 1 saturated heterocycles. The Morgan fingerprint density at radius 3 is 2.82 bits per heavy atom. The van der Waals surface area contributed by atoms with Crippen LogP contribution in [0.2, 0.25) is 0 Å². The van der Waals surface area contributed by atoms with Crippen LogP contribution >= 0.6 is 24.0 Å². The fourth-order valence-corrected chi connectivity index (χ4v) is 3.74. The van der Waals surface area contributed by atoms with Gasteiger partial charge in [0.2, 0.25) is 0 Å². The second-order valence-electron chi connectivity index (χ2n) is 7.06. The van der Waals surface area contributed by atoms with E-state index in [0.29, 0.717) is 6.54 Å². The maximum atomic E-state index is 4.46. The number of aromatic amines is 1. The maximum absolute atomic E-state index is 4.46. The van der Waals surface area contributed by atoms with Gasteiger partial charge in [-0.1, -0.05) is 43.7 Å². The molecule has 0 spiro atoms. The van der Waals surface area contributed by atoms with Gasteiger partial charge in [0.15, 0.2) is 5.96 Å². The number of halogens is 1. The number of aromatic nitrogens is 2. The van der Waals surface area contributed by atoms with Crippen LogP contribution in [0.4, 0.5) is 0 Å². The Kier molecular flexibility index (Phi) is 9.77. The second-order valence-corrected chi connectivity index (χ2v) is 7.06. The summed E-state index contributed by atoms with van der Waals surface area (Å²) >= 11 is 0. The molecular formula is C21H33IN6. The van der Waals surface area contributed by atoms with E-state index in [1.807, 2.05) is 31.4 Å². The molecule has 154 valence electrons. The van der Waals surface area contributed by atoms with Crippen LogP contribution in [0.25, 0.3) is 11.3 Å². The highest BCUT2D eigenvalue weighted by Crippen LogP contribution is 2.18. The fraction of sp³-hybridized carbons (Fsp3) is 0.524. The Morgan fingerprint density at radius 2 is 2.07 bits per heavy atom. The lowest BCUT2D eigenvalue weighted by Gasteiger charge is -2.35. The summed E-state index contributed by atoms with van der Waals surface area (Å²) in [5, 5.41) is 6.77. The highest BCUT2D eigenvalue weighted by molar-refractivity contribution is 14.0. The molecule has 1 aromatic carbocycles. The number of hydrogen-bond acceptors (Lipinski definition) is 3. The molecule has 0 radical (unpaired) electrons. The van der Waals surface area contributed by atoms with Crippen molar-refractivity contribution < 1.29 is 0 Å². The van der Waals surface area contributed by atoms with Gasteiger partial charge >= 0.3 is 0 Å². The molecule has 28 heavy (non-hydrogen) atoms. The summed E-state index contributed by atoms with van der Waals surface area (Å²) in [6.45, 7) is 6.11. The van der Waals surface area contributed by atoms with Crippen molar-refractivity contribution in [2.24, 2.45) is 4.99 Å². The predicted octanol–water partition coefficient (Wildman–Crippen LogP) is 3.62. The number of piperidine rings is 1. The minimum atomic E-state index is 0. The largest absolute Gasteiger partial charge is 0.355 e. The van der Waals surface area contributed by atoms with Gasteiger partial charge in [0, 0.05) is 26.2 Å². The summed E-state index contributed by atoms with van der Waals surface area (Å²) in [7, 11) is 1.81. The number of rotatable bonds is 7. The smallest absolute Gasteiger partial charge is 0.191 e. The van der Waals surface area contributed by atoms with E-state index in [1.54, 1.807) is 0 Å². The van der Waals surface area contributed by atoms with Crippen LogP contribution in [-0.2, 0) is 6.54 Å². The second kappa shape index (κ2) is 12.1. The van der Waals surface area contributed by atoms with Crippen LogP contribution in [0.1, 0.15) is 38.4 Å². The summed E-state index contributed by atoms with van der Waals surface area (Å²) in [6.07, 6.45) is 7.16. The van der Waals surface area contributed by atoms with Crippen LogP contribution in [0.3, 0.4) is 0 Å². The van der Waals surface area contributed by atoms with Gasteiger partial charge in [-0.2, -0.15) is 0 Å². The number of hydrogen-bond donors (Lipinski definition) is 3. The van der Waals surface area contributed by atoms with E-state index in [1.165, 1.54) is 32.2 Å².